The van der Waals surface area contributed by atoms with E-state index in [1.54, 1.807) is 0 Å². The predicted octanol–water partition coefficient (Wildman–Crippen LogP) is 3.71. The molecule has 0 saturated heterocycles. The third-order valence-corrected chi connectivity index (χ3v) is 3.94. The molecule has 20 heavy (non-hydrogen) atoms. The zero-order chi connectivity index (χ0) is 14.1. The molecule has 4 heteroatoms. The highest BCUT2D eigenvalue weighted by molar-refractivity contribution is 5.81. The number of furan rings is 1. The van der Waals surface area contributed by atoms with Crippen molar-refractivity contribution in [3.05, 3.63) is 48.1 Å². The number of para-hydroxylation sites is 1. The first-order valence-electron chi connectivity index (χ1n) is 7.14. The highest BCUT2D eigenvalue weighted by atomic mass is 16.7. The van der Waals surface area contributed by atoms with E-state index in [9.17, 15) is 0 Å². The maximum Gasteiger partial charge on any atom is 0.207 e. The standard InChI is InChI=1S/C16H20N2O2/c1-3-11(4-2)18-14(9-16(17)20-18)13-10-19-15-8-6-5-7-12(13)15/h5-11,14H,3-4,17H2,1-2H3. The molecule has 1 unspecified atom stereocenters. The number of fused-ring (bicyclic) bond motifs is 1. The van der Waals surface area contributed by atoms with E-state index in [-0.39, 0.29) is 6.04 Å². The molecule has 0 saturated carbocycles. The SMILES string of the molecule is CCC(CC)N1OC(N)=CC1c1coc2ccccc12. The molecule has 4 nitrogen and oxygen atoms in total. The lowest BCUT2D eigenvalue weighted by Gasteiger charge is -2.29. The van der Waals surface area contributed by atoms with Gasteiger partial charge in [0.2, 0.25) is 5.88 Å². The van der Waals surface area contributed by atoms with Crippen LogP contribution in [-0.4, -0.2) is 11.1 Å². The first kappa shape index (κ1) is 13.1. The van der Waals surface area contributed by atoms with Crippen LogP contribution in [0.3, 0.4) is 0 Å². The summed E-state index contributed by atoms with van der Waals surface area (Å²) in [4.78, 5) is 5.72. The van der Waals surface area contributed by atoms with Gasteiger partial charge in [-0.3, -0.25) is 0 Å². The van der Waals surface area contributed by atoms with Crippen LogP contribution in [-0.2, 0) is 4.84 Å². The van der Waals surface area contributed by atoms with Crippen LogP contribution in [0.4, 0.5) is 0 Å². The van der Waals surface area contributed by atoms with Crippen molar-refractivity contribution in [3.63, 3.8) is 0 Å². The van der Waals surface area contributed by atoms with Crippen LogP contribution in [0, 0.1) is 0 Å². The van der Waals surface area contributed by atoms with Gasteiger partial charge in [-0.25, -0.2) is 0 Å². The van der Waals surface area contributed by atoms with Crippen LogP contribution in [0.25, 0.3) is 11.0 Å². The molecule has 0 amide bonds. The van der Waals surface area contributed by atoms with Crippen molar-refractivity contribution in [2.75, 3.05) is 0 Å². The fourth-order valence-corrected chi connectivity index (χ4v) is 2.84. The largest absolute Gasteiger partial charge is 0.464 e. The fourth-order valence-electron chi connectivity index (χ4n) is 2.84. The number of benzene rings is 1. The van der Waals surface area contributed by atoms with Gasteiger partial charge in [0.15, 0.2) is 0 Å². The van der Waals surface area contributed by atoms with E-state index in [0.29, 0.717) is 11.9 Å². The Bertz CT molecular complexity index is 628. The van der Waals surface area contributed by atoms with Crippen LogP contribution >= 0.6 is 0 Å². The molecule has 0 aliphatic carbocycles. The van der Waals surface area contributed by atoms with Gasteiger partial charge in [0, 0.05) is 23.1 Å². The van der Waals surface area contributed by atoms with Crippen LogP contribution < -0.4 is 5.73 Å². The molecule has 0 bridgehead atoms. The molecule has 2 aromatic rings. The number of hydrogen-bond donors (Lipinski definition) is 1. The van der Waals surface area contributed by atoms with Crippen LogP contribution in [0.5, 0.6) is 0 Å². The summed E-state index contributed by atoms with van der Waals surface area (Å²) in [5.74, 6) is 0.465. The van der Waals surface area contributed by atoms with E-state index >= 15 is 0 Å². The van der Waals surface area contributed by atoms with E-state index in [4.69, 9.17) is 15.0 Å². The minimum Gasteiger partial charge on any atom is -0.464 e. The average Bonchev–Trinajstić information content (AvgIpc) is 3.04. The predicted molar refractivity (Wildman–Crippen MR) is 78.5 cm³/mol. The summed E-state index contributed by atoms with van der Waals surface area (Å²) in [7, 11) is 0. The number of nitrogens with zero attached hydrogens (tertiary/aromatic N) is 1. The summed E-state index contributed by atoms with van der Waals surface area (Å²) in [6.07, 6.45) is 5.80. The summed E-state index contributed by atoms with van der Waals surface area (Å²) in [5, 5.41) is 3.11. The molecule has 1 aliphatic rings. The summed E-state index contributed by atoms with van der Waals surface area (Å²) in [6.45, 7) is 4.33. The number of hydrogen-bond acceptors (Lipinski definition) is 4. The fraction of sp³-hybridized carbons (Fsp3) is 0.375. The van der Waals surface area contributed by atoms with Gasteiger partial charge in [-0.15, -0.1) is 5.06 Å². The molecule has 2 N–H and O–H groups in total. The lowest BCUT2D eigenvalue weighted by Crippen LogP contribution is -2.34. The van der Waals surface area contributed by atoms with E-state index in [2.05, 4.69) is 19.9 Å². The lowest BCUT2D eigenvalue weighted by atomic mass is 10.0. The summed E-state index contributed by atoms with van der Waals surface area (Å²) in [6, 6.07) is 8.40. The second-order valence-corrected chi connectivity index (χ2v) is 5.12. The maximum absolute atomic E-state index is 5.88. The molecule has 1 aromatic carbocycles. The molecule has 1 atom stereocenters. The number of hydroxylamine groups is 2. The van der Waals surface area contributed by atoms with Gasteiger partial charge in [-0.05, 0) is 18.9 Å². The minimum absolute atomic E-state index is 0.0172. The van der Waals surface area contributed by atoms with Crippen LogP contribution in [0.15, 0.2) is 46.9 Å². The van der Waals surface area contributed by atoms with Gasteiger partial charge in [-0.1, -0.05) is 32.0 Å². The van der Waals surface area contributed by atoms with Gasteiger partial charge in [-0.2, -0.15) is 0 Å². The molecule has 2 heterocycles. The molecule has 3 rings (SSSR count). The monoisotopic (exact) mass is 272 g/mol. The summed E-state index contributed by atoms with van der Waals surface area (Å²) >= 11 is 0. The van der Waals surface area contributed by atoms with Gasteiger partial charge >= 0.3 is 0 Å². The Morgan fingerprint density at radius 1 is 1.25 bits per heavy atom. The normalized spacial score (nSPS) is 19.6. The Kier molecular flexibility index (Phi) is 3.40. The third-order valence-electron chi connectivity index (χ3n) is 3.94. The van der Waals surface area contributed by atoms with Crippen LogP contribution in [0.2, 0.25) is 0 Å². The molecular formula is C16H20N2O2. The van der Waals surface area contributed by atoms with E-state index in [1.807, 2.05) is 35.6 Å². The van der Waals surface area contributed by atoms with Crippen molar-refractivity contribution in [1.82, 2.24) is 5.06 Å². The van der Waals surface area contributed by atoms with Gasteiger partial charge in [0.05, 0.1) is 12.3 Å². The van der Waals surface area contributed by atoms with Crippen molar-refractivity contribution in [2.45, 2.75) is 38.8 Å². The van der Waals surface area contributed by atoms with E-state index in [1.165, 1.54) is 0 Å². The van der Waals surface area contributed by atoms with Crippen molar-refractivity contribution >= 4 is 11.0 Å². The Hall–Kier alpha value is -1.94. The Balaban J connectivity index is 2.02. The van der Waals surface area contributed by atoms with E-state index < -0.39 is 0 Å². The van der Waals surface area contributed by atoms with Crippen molar-refractivity contribution < 1.29 is 9.25 Å². The number of nitrogens with two attached hydrogens (primary N) is 1. The molecule has 1 aliphatic heterocycles. The molecule has 0 radical (unpaired) electrons. The highest BCUT2D eigenvalue weighted by Crippen LogP contribution is 2.37. The van der Waals surface area contributed by atoms with Crippen LogP contribution in [0.1, 0.15) is 38.3 Å². The zero-order valence-electron chi connectivity index (χ0n) is 11.9. The van der Waals surface area contributed by atoms with Crippen molar-refractivity contribution in [3.8, 4) is 0 Å². The van der Waals surface area contributed by atoms with Gasteiger partial charge in [0.25, 0.3) is 0 Å². The second kappa shape index (κ2) is 5.21. The third kappa shape index (κ3) is 2.06. The molecule has 1 aromatic heterocycles. The topological polar surface area (TPSA) is 51.6 Å². The molecule has 106 valence electrons. The summed E-state index contributed by atoms with van der Waals surface area (Å²) in [5.41, 5.74) is 7.88. The average molecular weight is 272 g/mol. The second-order valence-electron chi connectivity index (χ2n) is 5.12. The molecule has 0 spiro atoms. The lowest BCUT2D eigenvalue weighted by molar-refractivity contribution is -0.153. The molecule has 0 fully saturated rings. The highest BCUT2D eigenvalue weighted by Gasteiger charge is 2.33. The summed E-state index contributed by atoms with van der Waals surface area (Å²) < 4.78 is 5.64. The van der Waals surface area contributed by atoms with E-state index in [0.717, 1.165) is 29.4 Å². The minimum atomic E-state index is 0.0172. The van der Waals surface area contributed by atoms with Crippen molar-refractivity contribution in [2.24, 2.45) is 5.73 Å². The number of rotatable bonds is 4. The Morgan fingerprint density at radius 3 is 2.75 bits per heavy atom. The smallest absolute Gasteiger partial charge is 0.207 e. The first-order chi connectivity index (χ1) is 9.74. The molecular weight excluding hydrogens is 252 g/mol. The maximum atomic E-state index is 5.88. The van der Waals surface area contributed by atoms with Gasteiger partial charge in [0.1, 0.15) is 5.58 Å². The Labute approximate surface area is 118 Å². The van der Waals surface area contributed by atoms with Crippen molar-refractivity contribution in [1.29, 1.82) is 0 Å². The zero-order valence-corrected chi connectivity index (χ0v) is 11.9. The first-order valence-corrected chi connectivity index (χ1v) is 7.14. The van der Waals surface area contributed by atoms with Gasteiger partial charge < -0.3 is 15.0 Å². The Morgan fingerprint density at radius 2 is 2.00 bits per heavy atom. The quantitative estimate of drug-likeness (QED) is 0.921.